The predicted molar refractivity (Wildman–Crippen MR) is 271 cm³/mol. The van der Waals surface area contributed by atoms with Gasteiger partial charge in [0.15, 0.2) is 17.5 Å². The van der Waals surface area contributed by atoms with Crippen LogP contribution in [0.4, 0.5) is 0 Å². The lowest BCUT2D eigenvalue weighted by Crippen LogP contribution is -2.04. The molecule has 0 atom stereocenters. The number of nitrogens with zero attached hydrogens (tertiary/aromatic N) is 4. The molecule has 11 aromatic carbocycles. The average Bonchev–Trinajstić information content (AvgIpc) is 3.70. The molecule has 0 bridgehead atoms. The lowest BCUT2D eigenvalue weighted by Gasteiger charge is -2.21. The monoisotopic (exact) mass is 826 g/mol. The largest absolute Gasteiger partial charge is 0.307 e. The van der Waals surface area contributed by atoms with E-state index in [1.165, 1.54) is 37.8 Å². The molecule has 0 aliphatic rings. The van der Waals surface area contributed by atoms with E-state index in [-0.39, 0.29) is 0 Å². The van der Waals surface area contributed by atoms with Gasteiger partial charge in [0.25, 0.3) is 0 Å². The summed E-state index contributed by atoms with van der Waals surface area (Å²) < 4.78 is 2.54. The maximum atomic E-state index is 5.44. The van der Waals surface area contributed by atoms with Crippen molar-refractivity contribution in [1.29, 1.82) is 0 Å². The Morgan fingerprint density at radius 3 is 1.57 bits per heavy atom. The van der Waals surface area contributed by atoms with Crippen LogP contribution in [0.1, 0.15) is 0 Å². The second kappa shape index (κ2) is 15.0. The van der Waals surface area contributed by atoms with Crippen molar-refractivity contribution in [3.63, 3.8) is 0 Å². The Labute approximate surface area is 375 Å². The Bertz CT molecular complexity index is 4000. The first-order valence-electron chi connectivity index (χ1n) is 22.1. The van der Waals surface area contributed by atoms with Gasteiger partial charge < -0.3 is 4.57 Å². The number of fused-ring (bicyclic) bond motifs is 8. The fourth-order valence-corrected chi connectivity index (χ4v) is 9.95. The van der Waals surface area contributed by atoms with Gasteiger partial charge in [0.05, 0.1) is 16.7 Å². The number of rotatable bonds is 6. The fourth-order valence-electron chi connectivity index (χ4n) is 9.95. The van der Waals surface area contributed by atoms with Gasteiger partial charge >= 0.3 is 0 Å². The van der Waals surface area contributed by atoms with Crippen LogP contribution in [0.25, 0.3) is 127 Å². The van der Waals surface area contributed by atoms with Gasteiger partial charge in [-0.3, -0.25) is 0 Å². The molecule has 0 unspecified atom stereocenters. The molecule has 65 heavy (non-hydrogen) atoms. The van der Waals surface area contributed by atoms with Crippen LogP contribution in [0, 0.1) is 0 Å². The van der Waals surface area contributed by atoms with E-state index in [1.807, 2.05) is 18.2 Å². The minimum absolute atomic E-state index is 0.615. The second-order valence-corrected chi connectivity index (χ2v) is 16.7. The second-order valence-electron chi connectivity index (χ2n) is 16.7. The molecule has 0 N–H and O–H groups in total. The van der Waals surface area contributed by atoms with Gasteiger partial charge in [0, 0.05) is 43.8 Å². The highest BCUT2D eigenvalue weighted by molar-refractivity contribution is 6.22. The number of hydrogen-bond acceptors (Lipinski definition) is 3. The first-order chi connectivity index (χ1) is 32.2. The Morgan fingerprint density at radius 2 is 0.800 bits per heavy atom. The van der Waals surface area contributed by atoms with Gasteiger partial charge in [-0.2, -0.15) is 0 Å². The molecular weight excluding hydrogens is 789 g/mol. The highest BCUT2D eigenvalue weighted by Gasteiger charge is 2.24. The zero-order valence-electron chi connectivity index (χ0n) is 35.2. The summed E-state index contributed by atoms with van der Waals surface area (Å²) in [6, 6.07) is 82.6. The van der Waals surface area contributed by atoms with E-state index in [4.69, 9.17) is 15.0 Å². The van der Waals surface area contributed by atoms with E-state index in [9.17, 15) is 0 Å². The molecular formula is C61H38N4. The smallest absolute Gasteiger partial charge is 0.164 e. The van der Waals surface area contributed by atoms with Crippen LogP contribution in [0.2, 0.25) is 0 Å². The van der Waals surface area contributed by atoms with E-state index in [0.29, 0.717) is 17.5 Å². The van der Waals surface area contributed by atoms with E-state index in [0.717, 1.165) is 71.7 Å². The van der Waals surface area contributed by atoms with Crippen LogP contribution < -0.4 is 0 Å². The molecule has 2 aromatic heterocycles. The van der Waals surface area contributed by atoms with E-state index < -0.39 is 0 Å². The minimum atomic E-state index is 0.615. The third kappa shape index (κ3) is 6.11. The third-order valence-corrected chi connectivity index (χ3v) is 13.0. The molecule has 13 aromatic rings. The topological polar surface area (TPSA) is 43.6 Å². The Balaban J connectivity index is 1.18. The quantitative estimate of drug-likeness (QED) is 0.168. The zero-order valence-corrected chi connectivity index (χ0v) is 35.2. The van der Waals surface area contributed by atoms with Crippen LogP contribution in [0.5, 0.6) is 0 Å². The molecule has 0 spiro atoms. The van der Waals surface area contributed by atoms with Crippen LogP contribution >= 0.6 is 0 Å². The summed E-state index contributed by atoms with van der Waals surface area (Å²) in [5.41, 5.74) is 10.7. The molecule has 0 saturated heterocycles. The van der Waals surface area contributed by atoms with E-state index in [1.54, 1.807) is 0 Å². The van der Waals surface area contributed by atoms with Gasteiger partial charge in [-0.15, -0.1) is 0 Å². The molecule has 0 aliphatic heterocycles. The first kappa shape index (κ1) is 36.9. The fraction of sp³-hybridized carbons (Fsp3) is 0. The average molecular weight is 827 g/mol. The maximum Gasteiger partial charge on any atom is 0.164 e. The SMILES string of the molecule is c1ccc(-c2cccc(-c3cc(-c4nc(-c5ccccc5)nc(-c5cccc6ccccc56)n4)c4ccccc4c3-n3c4cc5ccccc5cc4c4ccc5ccccc5c43)c2)cc1. The molecule has 0 amide bonds. The first-order valence-corrected chi connectivity index (χ1v) is 22.1. The summed E-state index contributed by atoms with van der Waals surface area (Å²) in [4.78, 5) is 16.0. The maximum absolute atomic E-state index is 5.44. The summed E-state index contributed by atoms with van der Waals surface area (Å²) >= 11 is 0. The summed E-state index contributed by atoms with van der Waals surface area (Å²) in [5.74, 6) is 1.87. The number of hydrogen-bond donors (Lipinski definition) is 0. The molecule has 13 rings (SSSR count). The van der Waals surface area contributed by atoms with Crippen LogP contribution in [-0.4, -0.2) is 19.5 Å². The van der Waals surface area contributed by atoms with Crippen molar-refractivity contribution in [2.24, 2.45) is 0 Å². The van der Waals surface area contributed by atoms with Crippen LogP contribution in [0.15, 0.2) is 231 Å². The molecule has 0 radical (unpaired) electrons. The number of aromatic nitrogens is 4. The van der Waals surface area contributed by atoms with E-state index >= 15 is 0 Å². The minimum Gasteiger partial charge on any atom is -0.307 e. The van der Waals surface area contributed by atoms with Gasteiger partial charge in [-0.25, -0.2) is 15.0 Å². The lowest BCUT2D eigenvalue weighted by molar-refractivity contribution is 1.08. The normalized spacial score (nSPS) is 11.7. The summed E-state index contributed by atoms with van der Waals surface area (Å²) in [5, 5.41) is 11.6. The molecule has 302 valence electrons. The van der Waals surface area contributed by atoms with Gasteiger partial charge in [-0.1, -0.05) is 206 Å². The summed E-state index contributed by atoms with van der Waals surface area (Å²) in [7, 11) is 0. The predicted octanol–water partition coefficient (Wildman–Crippen LogP) is 15.9. The molecule has 0 aliphatic carbocycles. The molecule has 0 fully saturated rings. The van der Waals surface area contributed by atoms with Crippen molar-refractivity contribution in [1.82, 2.24) is 19.5 Å². The zero-order chi connectivity index (χ0) is 42.8. The third-order valence-electron chi connectivity index (χ3n) is 13.0. The van der Waals surface area contributed by atoms with Crippen molar-refractivity contribution in [3.05, 3.63) is 231 Å². The Hall–Kier alpha value is -8.73. The van der Waals surface area contributed by atoms with Gasteiger partial charge in [-0.05, 0) is 73.3 Å². The van der Waals surface area contributed by atoms with Crippen molar-refractivity contribution in [2.45, 2.75) is 0 Å². The van der Waals surface area contributed by atoms with Crippen LogP contribution in [0.3, 0.4) is 0 Å². The Morgan fingerprint density at radius 1 is 0.262 bits per heavy atom. The molecule has 4 heteroatoms. The summed E-state index contributed by atoms with van der Waals surface area (Å²) in [6.07, 6.45) is 0. The van der Waals surface area contributed by atoms with Crippen molar-refractivity contribution >= 4 is 64.9 Å². The standard InChI is InChI=1S/C61H38N4/c1-3-17-39(18-4-1)43-26-15-27-46(35-43)53-38-55(61-63-59(42-21-5-2-6-22-42)62-60(64-61)52-32-16-25-40-19-9-11-28-47(40)52)49-30-13-14-31-50(49)58(53)65-56-37-45-24-8-7-23-44(45)36-54(56)51-34-33-41-20-10-12-29-48(41)57(51)65/h1-38H. The summed E-state index contributed by atoms with van der Waals surface area (Å²) in [6.45, 7) is 0. The van der Waals surface area contributed by atoms with Crippen molar-refractivity contribution in [3.8, 4) is 62.1 Å². The molecule has 2 heterocycles. The van der Waals surface area contributed by atoms with E-state index in [2.05, 4.69) is 217 Å². The van der Waals surface area contributed by atoms with Crippen molar-refractivity contribution < 1.29 is 0 Å². The number of benzene rings is 11. The highest BCUT2D eigenvalue weighted by Crippen LogP contribution is 2.46. The molecule has 4 nitrogen and oxygen atoms in total. The highest BCUT2D eigenvalue weighted by atomic mass is 15.0. The van der Waals surface area contributed by atoms with Crippen molar-refractivity contribution in [2.75, 3.05) is 0 Å². The van der Waals surface area contributed by atoms with Crippen LogP contribution in [-0.2, 0) is 0 Å². The van der Waals surface area contributed by atoms with Gasteiger partial charge in [0.1, 0.15) is 0 Å². The Kier molecular flexibility index (Phi) is 8.50. The van der Waals surface area contributed by atoms with Gasteiger partial charge in [0.2, 0.25) is 0 Å². The lowest BCUT2D eigenvalue weighted by atomic mass is 9.91. The molecule has 0 saturated carbocycles.